The van der Waals surface area contributed by atoms with Gasteiger partial charge in [0.2, 0.25) is 0 Å². The number of rotatable bonds is 9. The van der Waals surface area contributed by atoms with Crippen LogP contribution in [0.25, 0.3) is 0 Å². The van der Waals surface area contributed by atoms with Crippen LogP contribution >= 0.6 is 0 Å². The van der Waals surface area contributed by atoms with E-state index in [9.17, 15) is 4.39 Å². The van der Waals surface area contributed by atoms with Gasteiger partial charge in [-0.05, 0) is 130 Å². The van der Waals surface area contributed by atoms with Crippen molar-refractivity contribution in [2.24, 2.45) is 35.5 Å². The lowest BCUT2D eigenvalue weighted by Crippen LogP contribution is -2.29. The highest BCUT2D eigenvalue weighted by molar-refractivity contribution is 5.22. The Kier molecular flexibility index (Phi) is 9.54. The summed E-state index contributed by atoms with van der Waals surface area (Å²) in [6.07, 6.45) is 23.5. The summed E-state index contributed by atoms with van der Waals surface area (Å²) >= 11 is 0. The van der Waals surface area contributed by atoms with Crippen molar-refractivity contribution >= 4 is 0 Å². The minimum atomic E-state index is -0.112. The summed E-state index contributed by atoms with van der Waals surface area (Å²) in [5.41, 5.74) is 3.00. The molecular formula is C31H49F. The number of halogens is 1. The van der Waals surface area contributed by atoms with Crippen LogP contribution in [0.4, 0.5) is 4.39 Å². The van der Waals surface area contributed by atoms with Gasteiger partial charge in [0.1, 0.15) is 0 Å². The zero-order chi connectivity index (χ0) is 22.2. The van der Waals surface area contributed by atoms with Crippen molar-refractivity contribution in [1.82, 2.24) is 0 Å². The number of benzene rings is 1. The van der Waals surface area contributed by atoms with Gasteiger partial charge in [-0.15, -0.1) is 0 Å². The number of hydrogen-bond donors (Lipinski definition) is 0. The second-order valence-corrected chi connectivity index (χ2v) is 11.8. The fourth-order valence-electron chi connectivity index (χ4n) is 7.66. The van der Waals surface area contributed by atoms with E-state index in [1.807, 2.05) is 0 Å². The van der Waals surface area contributed by atoms with E-state index >= 15 is 0 Å². The molecule has 0 saturated heterocycles. The zero-order valence-corrected chi connectivity index (χ0v) is 20.9. The first kappa shape index (κ1) is 24.3. The van der Waals surface area contributed by atoms with Crippen molar-refractivity contribution in [1.29, 1.82) is 0 Å². The van der Waals surface area contributed by atoms with Crippen LogP contribution in [0, 0.1) is 35.5 Å². The van der Waals surface area contributed by atoms with Crippen LogP contribution in [0.15, 0.2) is 24.3 Å². The first-order valence-corrected chi connectivity index (χ1v) is 14.4. The Morgan fingerprint density at radius 1 is 0.594 bits per heavy atom. The van der Waals surface area contributed by atoms with Gasteiger partial charge in [-0.2, -0.15) is 0 Å². The van der Waals surface area contributed by atoms with Crippen molar-refractivity contribution in [2.75, 3.05) is 6.67 Å². The van der Waals surface area contributed by atoms with Gasteiger partial charge >= 0.3 is 0 Å². The molecule has 3 saturated carbocycles. The fourth-order valence-corrected chi connectivity index (χ4v) is 7.66. The molecule has 32 heavy (non-hydrogen) atoms. The van der Waals surface area contributed by atoms with Crippen LogP contribution in [0.3, 0.4) is 0 Å². The van der Waals surface area contributed by atoms with E-state index in [0.29, 0.717) is 0 Å². The van der Waals surface area contributed by atoms with Gasteiger partial charge in [0.05, 0.1) is 6.67 Å². The number of hydrogen-bond acceptors (Lipinski definition) is 0. The van der Waals surface area contributed by atoms with E-state index in [4.69, 9.17) is 0 Å². The molecule has 0 heterocycles. The van der Waals surface area contributed by atoms with Crippen LogP contribution in [0.2, 0.25) is 0 Å². The molecule has 3 aliphatic carbocycles. The third kappa shape index (κ3) is 6.83. The Morgan fingerprint density at radius 3 is 1.44 bits per heavy atom. The van der Waals surface area contributed by atoms with Crippen molar-refractivity contribution < 1.29 is 4.39 Å². The Morgan fingerprint density at radius 2 is 1.00 bits per heavy atom. The summed E-state index contributed by atoms with van der Waals surface area (Å²) in [6, 6.07) is 9.36. The van der Waals surface area contributed by atoms with Gasteiger partial charge in [-0.25, -0.2) is 0 Å². The molecule has 0 aliphatic heterocycles. The Labute approximate surface area is 198 Å². The zero-order valence-electron chi connectivity index (χ0n) is 20.9. The van der Waals surface area contributed by atoms with Crippen LogP contribution in [0.1, 0.15) is 114 Å². The molecule has 0 N–H and O–H groups in total. The van der Waals surface area contributed by atoms with Gasteiger partial charge in [0, 0.05) is 0 Å². The predicted octanol–water partition coefficient (Wildman–Crippen LogP) is 9.35. The van der Waals surface area contributed by atoms with E-state index in [0.717, 1.165) is 54.8 Å². The summed E-state index contributed by atoms with van der Waals surface area (Å²) in [4.78, 5) is 0. The maximum Gasteiger partial charge on any atom is 0.0894 e. The molecule has 1 aromatic rings. The van der Waals surface area contributed by atoms with Crippen LogP contribution in [-0.4, -0.2) is 6.67 Å². The molecular weight excluding hydrogens is 391 g/mol. The van der Waals surface area contributed by atoms with Crippen LogP contribution < -0.4 is 0 Å². The average Bonchev–Trinajstić information content (AvgIpc) is 2.87. The molecule has 0 bridgehead atoms. The topological polar surface area (TPSA) is 0 Å². The Balaban J connectivity index is 1.11. The van der Waals surface area contributed by atoms with Gasteiger partial charge in [-0.1, -0.05) is 56.9 Å². The van der Waals surface area contributed by atoms with E-state index in [1.54, 1.807) is 5.56 Å². The van der Waals surface area contributed by atoms with Crippen LogP contribution in [-0.2, 0) is 12.8 Å². The number of aryl methyl sites for hydroxylation is 2. The minimum absolute atomic E-state index is 0.112. The maximum absolute atomic E-state index is 12.5. The predicted molar refractivity (Wildman–Crippen MR) is 136 cm³/mol. The second-order valence-electron chi connectivity index (χ2n) is 11.8. The van der Waals surface area contributed by atoms with Crippen molar-refractivity contribution in [2.45, 2.75) is 116 Å². The first-order valence-electron chi connectivity index (χ1n) is 14.4. The molecule has 3 aliphatic rings. The van der Waals surface area contributed by atoms with Gasteiger partial charge in [0.15, 0.2) is 0 Å². The summed E-state index contributed by atoms with van der Waals surface area (Å²) in [5.74, 6) is 5.90. The molecule has 3 fully saturated rings. The summed E-state index contributed by atoms with van der Waals surface area (Å²) < 4.78 is 12.5. The molecule has 0 unspecified atom stereocenters. The third-order valence-corrected chi connectivity index (χ3v) is 9.95. The summed E-state index contributed by atoms with van der Waals surface area (Å²) in [6.45, 7) is 2.13. The molecule has 1 aromatic carbocycles. The highest BCUT2D eigenvalue weighted by Gasteiger charge is 2.34. The smallest absolute Gasteiger partial charge is 0.0894 e. The monoisotopic (exact) mass is 440 g/mol. The maximum atomic E-state index is 12.5. The molecule has 0 nitrogen and oxygen atoms in total. The average molecular weight is 441 g/mol. The molecule has 0 atom stereocenters. The molecule has 4 rings (SSSR count). The molecule has 180 valence electrons. The van der Waals surface area contributed by atoms with Crippen molar-refractivity contribution in [3.05, 3.63) is 35.4 Å². The fraction of sp³-hybridized carbons (Fsp3) is 0.806. The lowest BCUT2D eigenvalue weighted by Gasteiger charge is -2.41. The highest BCUT2D eigenvalue weighted by atomic mass is 19.1. The minimum Gasteiger partial charge on any atom is -0.251 e. The standard InChI is InChI=1S/C31H49F/c1-2-24-5-7-26(8-6-24)9-10-27-13-17-29(18-14-27)31-21-19-30(20-22-31)28-15-11-25(12-16-28)4-3-23-32/h5-8,25,27-31H,2-4,9-23H2,1H3/t25-,27-,28-,29-,30-,31-. The van der Waals surface area contributed by atoms with E-state index in [1.165, 1.54) is 95.5 Å². The highest BCUT2D eigenvalue weighted by Crippen LogP contribution is 2.46. The van der Waals surface area contributed by atoms with Gasteiger partial charge in [0.25, 0.3) is 0 Å². The number of alkyl halides is 1. The molecule has 0 aromatic heterocycles. The molecule has 0 spiro atoms. The second kappa shape index (κ2) is 12.6. The Bertz CT molecular complexity index is 625. The summed E-state index contributed by atoms with van der Waals surface area (Å²) in [7, 11) is 0. The molecule has 0 amide bonds. The van der Waals surface area contributed by atoms with Gasteiger partial charge in [-0.3, -0.25) is 4.39 Å². The normalized spacial score (nSPS) is 33.8. The third-order valence-electron chi connectivity index (χ3n) is 9.95. The lowest BCUT2D eigenvalue weighted by atomic mass is 9.64. The Hall–Kier alpha value is -0.850. The van der Waals surface area contributed by atoms with E-state index in [-0.39, 0.29) is 6.67 Å². The molecule has 1 heteroatoms. The van der Waals surface area contributed by atoms with E-state index < -0.39 is 0 Å². The largest absolute Gasteiger partial charge is 0.251 e. The SMILES string of the molecule is CCc1ccc(CC[C@H]2CC[C@H]([C@H]3CC[C@H]([C@H]4CC[C@H](CCCF)CC4)CC3)CC2)cc1. The lowest BCUT2D eigenvalue weighted by molar-refractivity contribution is 0.102. The quantitative estimate of drug-likeness (QED) is 0.359. The van der Waals surface area contributed by atoms with Gasteiger partial charge < -0.3 is 0 Å². The summed E-state index contributed by atoms with van der Waals surface area (Å²) in [5, 5.41) is 0. The van der Waals surface area contributed by atoms with Crippen molar-refractivity contribution in [3.8, 4) is 0 Å². The first-order chi connectivity index (χ1) is 15.7. The van der Waals surface area contributed by atoms with Crippen molar-refractivity contribution in [3.63, 3.8) is 0 Å². The molecule has 0 radical (unpaired) electrons. The van der Waals surface area contributed by atoms with Crippen LogP contribution in [0.5, 0.6) is 0 Å². The van der Waals surface area contributed by atoms with E-state index in [2.05, 4.69) is 31.2 Å².